The van der Waals surface area contributed by atoms with Gasteiger partial charge in [-0.2, -0.15) is 0 Å². The summed E-state index contributed by atoms with van der Waals surface area (Å²) in [5, 5.41) is 0. The number of nitrogen functional groups attached to an aromatic ring is 1. The average molecular weight is 215 g/mol. The molecule has 0 unspecified atom stereocenters. The fourth-order valence-corrected chi connectivity index (χ4v) is 1.26. The average Bonchev–Trinajstić information content (AvgIpc) is 2.27. The highest BCUT2D eigenvalue weighted by molar-refractivity contribution is 5.36. The highest BCUT2D eigenvalue weighted by atomic mass is 16.5. The molecule has 4 heteroatoms. The molecule has 1 aromatic heterocycles. The number of rotatable bonds is 2. The Kier molecular flexibility index (Phi) is 2.72. The first kappa shape index (κ1) is 10.4. The Labute approximate surface area is 94.1 Å². The van der Waals surface area contributed by atoms with Crippen LogP contribution >= 0.6 is 0 Å². The topological polar surface area (TPSA) is 61.0 Å². The summed E-state index contributed by atoms with van der Waals surface area (Å²) in [4.78, 5) is 7.93. The van der Waals surface area contributed by atoms with Crippen LogP contribution in [0.3, 0.4) is 0 Å². The van der Waals surface area contributed by atoms with Gasteiger partial charge in [-0.25, -0.2) is 9.97 Å². The lowest BCUT2D eigenvalue weighted by atomic mass is 10.1. The van der Waals surface area contributed by atoms with E-state index in [-0.39, 0.29) is 0 Å². The van der Waals surface area contributed by atoms with E-state index in [0.29, 0.717) is 11.7 Å². The monoisotopic (exact) mass is 215 g/mol. The van der Waals surface area contributed by atoms with Crippen LogP contribution < -0.4 is 10.5 Å². The van der Waals surface area contributed by atoms with E-state index in [0.717, 1.165) is 5.75 Å². The number of aryl methyl sites for hydroxylation is 2. The lowest BCUT2D eigenvalue weighted by molar-refractivity contribution is 0.441. The van der Waals surface area contributed by atoms with E-state index in [2.05, 4.69) is 16.9 Å². The van der Waals surface area contributed by atoms with Gasteiger partial charge in [0.15, 0.2) is 0 Å². The molecule has 0 aliphatic heterocycles. The van der Waals surface area contributed by atoms with Crippen molar-refractivity contribution in [1.29, 1.82) is 0 Å². The predicted octanol–water partition coefficient (Wildman–Crippen LogP) is 2.47. The number of anilines is 1. The second-order valence-corrected chi connectivity index (χ2v) is 3.65. The minimum Gasteiger partial charge on any atom is -0.424 e. The summed E-state index contributed by atoms with van der Waals surface area (Å²) in [5.41, 5.74) is 8.41. The fraction of sp³-hybridized carbons (Fsp3) is 0.167. The molecule has 2 rings (SSSR count). The first-order valence-corrected chi connectivity index (χ1v) is 4.98. The first-order chi connectivity index (χ1) is 7.65. The minimum atomic E-state index is 0.303. The minimum absolute atomic E-state index is 0.303. The van der Waals surface area contributed by atoms with Crippen molar-refractivity contribution >= 4 is 5.69 Å². The largest absolute Gasteiger partial charge is 0.424 e. The molecule has 0 radical (unpaired) electrons. The van der Waals surface area contributed by atoms with Gasteiger partial charge in [0, 0.05) is 0 Å². The van der Waals surface area contributed by atoms with Crippen molar-refractivity contribution in [2.24, 2.45) is 0 Å². The summed E-state index contributed by atoms with van der Waals surface area (Å²) >= 11 is 0. The molecule has 16 heavy (non-hydrogen) atoms. The number of nitrogens with two attached hydrogens (primary N) is 1. The number of benzene rings is 1. The van der Waals surface area contributed by atoms with Crippen molar-refractivity contribution in [2.45, 2.75) is 13.8 Å². The molecule has 2 N–H and O–H groups in total. The van der Waals surface area contributed by atoms with Gasteiger partial charge in [-0.3, -0.25) is 0 Å². The molecule has 0 bridgehead atoms. The number of hydrogen-bond acceptors (Lipinski definition) is 4. The quantitative estimate of drug-likeness (QED) is 0.835. The first-order valence-electron chi connectivity index (χ1n) is 4.98. The maximum Gasteiger partial charge on any atom is 0.322 e. The van der Waals surface area contributed by atoms with Crippen LogP contribution in [0.1, 0.15) is 11.1 Å². The Balaban J connectivity index is 2.20. The Hall–Kier alpha value is -2.10. The van der Waals surface area contributed by atoms with Crippen LogP contribution in [0.4, 0.5) is 5.69 Å². The van der Waals surface area contributed by atoms with Crippen molar-refractivity contribution in [3.05, 3.63) is 41.7 Å². The molecule has 0 aliphatic rings. The van der Waals surface area contributed by atoms with Crippen LogP contribution in [0.2, 0.25) is 0 Å². The maximum atomic E-state index is 5.49. The third-order valence-corrected chi connectivity index (χ3v) is 2.34. The number of ether oxygens (including phenoxy) is 1. The lowest BCUT2D eigenvalue weighted by Gasteiger charge is -2.05. The van der Waals surface area contributed by atoms with E-state index in [1.54, 1.807) is 0 Å². The standard InChI is InChI=1S/C12H13N3O/c1-8-3-4-11(5-9(8)2)16-12-14-6-10(13)7-15-12/h3-7H,13H2,1-2H3. The number of nitrogens with zero attached hydrogens (tertiary/aromatic N) is 2. The predicted molar refractivity (Wildman–Crippen MR) is 62.4 cm³/mol. The maximum absolute atomic E-state index is 5.49. The molecule has 1 aromatic carbocycles. The van der Waals surface area contributed by atoms with Gasteiger partial charge < -0.3 is 10.5 Å². The third kappa shape index (κ3) is 2.28. The Morgan fingerprint density at radius 1 is 1.06 bits per heavy atom. The van der Waals surface area contributed by atoms with E-state index in [9.17, 15) is 0 Å². The van der Waals surface area contributed by atoms with Crippen molar-refractivity contribution in [1.82, 2.24) is 9.97 Å². The summed E-state index contributed by atoms with van der Waals surface area (Å²) in [6, 6.07) is 6.15. The Morgan fingerprint density at radius 3 is 2.38 bits per heavy atom. The highest BCUT2D eigenvalue weighted by Crippen LogP contribution is 2.20. The molecule has 1 heterocycles. The fourth-order valence-electron chi connectivity index (χ4n) is 1.26. The molecule has 0 saturated heterocycles. The van der Waals surface area contributed by atoms with Gasteiger partial charge in [0.1, 0.15) is 5.75 Å². The van der Waals surface area contributed by atoms with Crippen molar-refractivity contribution in [3.63, 3.8) is 0 Å². The van der Waals surface area contributed by atoms with Crippen LogP contribution in [0, 0.1) is 13.8 Å². The van der Waals surface area contributed by atoms with Gasteiger partial charge in [0.05, 0.1) is 18.1 Å². The van der Waals surface area contributed by atoms with Crippen molar-refractivity contribution in [2.75, 3.05) is 5.73 Å². The van der Waals surface area contributed by atoms with Crippen LogP contribution in [0.5, 0.6) is 11.8 Å². The van der Waals surface area contributed by atoms with Gasteiger partial charge in [-0.1, -0.05) is 6.07 Å². The molecule has 0 atom stereocenters. The second kappa shape index (κ2) is 4.18. The SMILES string of the molecule is Cc1ccc(Oc2ncc(N)cn2)cc1C. The van der Waals surface area contributed by atoms with Crippen molar-refractivity contribution in [3.8, 4) is 11.8 Å². The summed E-state index contributed by atoms with van der Waals surface area (Å²) < 4.78 is 5.49. The lowest BCUT2D eigenvalue weighted by Crippen LogP contribution is -1.94. The second-order valence-electron chi connectivity index (χ2n) is 3.65. The van der Waals surface area contributed by atoms with Crippen LogP contribution in [-0.2, 0) is 0 Å². The summed E-state index contributed by atoms with van der Waals surface area (Å²) in [7, 11) is 0. The van der Waals surface area contributed by atoms with Crippen LogP contribution in [0.15, 0.2) is 30.6 Å². The Bertz CT molecular complexity index is 494. The number of hydrogen-bond donors (Lipinski definition) is 1. The molecule has 4 nitrogen and oxygen atoms in total. The summed E-state index contributed by atoms with van der Waals surface area (Å²) in [6.45, 7) is 4.09. The van der Waals surface area contributed by atoms with Gasteiger partial charge >= 0.3 is 6.01 Å². The van der Waals surface area contributed by atoms with Gasteiger partial charge in [0.2, 0.25) is 0 Å². The molecule has 2 aromatic rings. The zero-order chi connectivity index (χ0) is 11.5. The molecular weight excluding hydrogens is 202 g/mol. The van der Waals surface area contributed by atoms with E-state index in [1.165, 1.54) is 23.5 Å². The van der Waals surface area contributed by atoms with Gasteiger partial charge in [-0.05, 0) is 37.1 Å². The molecule has 0 fully saturated rings. The Morgan fingerprint density at radius 2 is 1.75 bits per heavy atom. The third-order valence-electron chi connectivity index (χ3n) is 2.34. The summed E-state index contributed by atoms with van der Waals surface area (Å²) in [6.07, 6.45) is 3.03. The van der Waals surface area contributed by atoms with Gasteiger partial charge in [0.25, 0.3) is 0 Å². The smallest absolute Gasteiger partial charge is 0.322 e. The molecule has 0 amide bonds. The van der Waals surface area contributed by atoms with E-state index in [4.69, 9.17) is 10.5 Å². The van der Waals surface area contributed by atoms with E-state index in [1.807, 2.05) is 25.1 Å². The van der Waals surface area contributed by atoms with E-state index < -0.39 is 0 Å². The van der Waals surface area contributed by atoms with Crippen molar-refractivity contribution < 1.29 is 4.74 Å². The zero-order valence-corrected chi connectivity index (χ0v) is 9.27. The van der Waals surface area contributed by atoms with Crippen LogP contribution in [-0.4, -0.2) is 9.97 Å². The molecule has 82 valence electrons. The zero-order valence-electron chi connectivity index (χ0n) is 9.27. The highest BCUT2D eigenvalue weighted by Gasteiger charge is 2.01. The van der Waals surface area contributed by atoms with Crippen LogP contribution in [0.25, 0.3) is 0 Å². The van der Waals surface area contributed by atoms with Gasteiger partial charge in [-0.15, -0.1) is 0 Å². The normalized spacial score (nSPS) is 10.1. The van der Waals surface area contributed by atoms with E-state index >= 15 is 0 Å². The summed E-state index contributed by atoms with van der Waals surface area (Å²) in [5.74, 6) is 0.730. The number of aromatic nitrogens is 2. The molecule has 0 spiro atoms. The molecule has 0 aliphatic carbocycles. The molecular formula is C12H13N3O. The molecule has 0 saturated carbocycles.